The summed E-state index contributed by atoms with van der Waals surface area (Å²) in [6, 6.07) is 12.7. The van der Waals surface area contributed by atoms with Crippen molar-refractivity contribution in [1.82, 2.24) is 19.7 Å². The second-order valence-electron chi connectivity index (χ2n) is 6.05. The Labute approximate surface area is 163 Å². The summed E-state index contributed by atoms with van der Waals surface area (Å²) in [4.78, 5) is 30.7. The Balaban J connectivity index is 1.70. The first-order valence-electron chi connectivity index (χ1n) is 8.60. The fourth-order valence-corrected chi connectivity index (χ4v) is 3.12. The molecule has 8 heteroatoms. The van der Waals surface area contributed by atoms with Crippen LogP contribution in [0.4, 0.5) is 0 Å². The van der Waals surface area contributed by atoms with Gasteiger partial charge in [0.25, 0.3) is 5.89 Å². The maximum Gasteiger partial charge on any atom is 0.316 e. The normalized spacial score (nSPS) is 11.5. The monoisotopic (exact) mass is 394 g/mol. The smallest absolute Gasteiger partial charge is 0.316 e. The number of hydrogen-bond donors (Lipinski definition) is 1. The molecular formula is C20H15ClN4O3. The summed E-state index contributed by atoms with van der Waals surface area (Å²) in [5.41, 5.74) is 1.42. The molecule has 0 fully saturated rings. The van der Waals surface area contributed by atoms with Crippen molar-refractivity contribution >= 4 is 34.8 Å². The minimum Gasteiger partial charge on any atom is -0.334 e. The third-order valence-electron chi connectivity index (χ3n) is 4.30. The SMILES string of the molecule is CCn1c(=O)c(=O)[nH]c2cc(-c3noc(C=Cc4ccccc4Cl)n3)ccc21. The number of hydrogen-bond acceptors (Lipinski definition) is 5. The quantitative estimate of drug-likeness (QED) is 0.534. The number of aromatic amines is 1. The molecule has 4 aromatic rings. The second-order valence-corrected chi connectivity index (χ2v) is 6.45. The summed E-state index contributed by atoms with van der Waals surface area (Å²) >= 11 is 6.12. The van der Waals surface area contributed by atoms with Crippen molar-refractivity contribution in [2.45, 2.75) is 13.5 Å². The molecule has 0 saturated carbocycles. The number of rotatable bonds is 4. The van der Waals surface area contributed by atoms with Crippen LogP contribution in [0.2, 0.25) is 5.02 Å². The second kappa shape index (κ2) is 7.28. The predicted octanol–water partition coefficient (Wildman–Crippen LogP) is 3.58. The van der Waals surface area contributed by atoms with Gasteiger partial charge in [-0.3, -0.25) is 9.59 Å². The third-order valence-corrected chi connectivity index (χ3v) is 4.65. The van der Waals surface area contributed by atoms with E-state index in [1.54, 1.807) is 36.4 Å². The number of nitrogens with zero attached hydrogens (tertiary/aromatic N) is 3. The highest BCUT2D eigenvalue weighted by atomic mass is 35.5. The Morgan fingerprint density at radius 2 is 2.00 bits per heavy atom. The van der Waals surface area contributed by atoms with Crippen LogP contribution >= 0.6 is 11.6 Å². The van der Waals surface area contributed by atoms with Gasteiger partial charge in [-0.1, -0.05) is 35.0 Å². The van der Waals surface area contributed by atoms with Crippen molar-refractivity contribution in [3.8, 4) is 11.4 Å². The molecule has 0 aliphatic heterocycles. The fraction of sp³-hybridized carbons (Fsp3) is 0.100. The van der Waals surface area contributed by atoms with Gasteiger partial charge < -0.3 is 14.1 Å². The summed E-state index contributed by atoms with van der Waals surface area (Å²) in [6.07, 6.45) is 3.47. The molecule has 0 saturated heterocycles. The van der Waals surface area contributed by atoms with Gasteiger partial charge in [0.05, 0.1) is 11.0 Å². The lowest BCUT2D eigenvalue weighted by Gasteiger charge is -2.07. The van der Waals surface area contributed by atoms with E-state index in [0.717, 1.165) is 5.56 Å². The Hall–Kier alpha value is -3.45. The molecule has 0 spiro atoms. The molecule has 2 heterocycles. The molecule has 0 aliphatic carbocycles. The molecule has 4 rings (SSSR count). The minimum absolute atomic E-state index is 0.321. The van der Waals surface area contributed by atoms with Gasteiger partial charge in [-0.25, -0.2) is 0 Å². The molecule has 0 aliphatic rings. The van der Waals surface area contributed by atoms with Crippen LogP contribution in [0.1, 0.15) is 18.4 Å². The maximum absolute atomic E-state index is 11.9. The average molecular weight is 395 g/mol. The topological polar surface area (TPSA) is 93.8 Å². The molecule has 0 radical (unpaired) electrons. The highest BCUT2D eigenvalue weighted by molar-refractivity contribution is 6.32. The van der Waals surface area contributed by atoms with Gasteiger partial charge in [0.15, 0.2) is 0 Å². The molecule has 7 nitrogen and oxygen atoms in total. The van der Waals surface area contributed by atoms with Crippen molar-refractivity contribution in [2.75, 3.05) is 0 Å². The number of aromatic nitrogens is 4. The van der Waals surface area contributed by atoms with E-state index in [9.17, 15) is 9.59 Å². The molecule has 140 valence electrons. The zero-order chi connectivity index (χ0) is 19.7. The highest BCUT2D eigenvalue weighted by Gasteiger charge is 2.11. The van der Waals surface area contributed by atoms with Gasteiger partial charge in [0.1, 0.15) is 0 Å². The Morgan fingerprint density at radius 1 is 1.18 bits per heavy atom. The zero-order valence-corrected chi connectivity index (χ0v) is 15.6. The molecule has 0 bridgehead atoms. The lowest BCUT2D eigenvalue weighted by molar-refractivity contribution is 0.411. The molecule has 2 aromatic carbocycles. The predicted molar refractivity (Wildman–Crippen MR) is 108 cm³/mol. The van der Waals surface area contributed by atoms with Crippen LogP contribution in [0.25, 0.3) is 34.6 Å². The van der Waals surface area contributed by atoms with E-state index in [4.69, 9.17) is 16.1 Å². The first-order chi connectivity index (χ1) is 13.6. The summed E-state index contributed by atoms with van der Waals surface area (Å²) < 4.78 is 6.68. The molecule has 1 N–H and O–H groups in total. The van der Waals surface area contributed by atoms with Crippen molar-refractivity contribution in [3.05, 3.63) is 79.6 Å². The first kappa shape index (κ1) is 17.9. The lowest BCUT2D eigenvalue weighted by Crippen LogP contribution is -2.35. The molecule has 0 atom stereocenters. The van der Waals surface area contributed by atoms with Crippen LogP contribution < -0.4 is 11.1 Å². The number of benzene rings is 2. The van der Waals surface area contributed by atoms with Crippen LogP contribution in [0.15, 0.2) is 56.6 Å². The third kappa shape index (κ3) is 3.27. The maximum atomic E-state index is 11.9. The van der Waals surface area contributed by atoms with E-state index >= 15 is 0 Å². The minimum atomic E-state index is -0.664. The molecule has 2 aromatic heterocycles. The van der Waals surface area contributed by atoms with Gasteiger partial charge in [-0.05, 0) is 42.8 Å². The number of H-pyrrole nitrogens is 1. The van der Waals surface area contributed by atoms with Crippen molar-refractivity contribution in [1.29, 1.82) is 0 Å². The van der Waals surface area contributed by atoms with E-state index in [1.165, 1.54) is 4.57 Å². The Morgan fingerprint density at radius 3 is 2.79 bits per heavy atom. The zero-order valence-electron chi connectivity index (χ0n) is 14.8. The summed E-state index contributed by atoms with van der Waals surface area (Å²) in [5.74, 6) is 0.692. The fourth-order valence-electron chi connectivity index (χ4n) is 2.92. The number of halogens is 1. The van der Waals surface area contributed by atoms with Crippen molar-refractivity contribution in [3.63, 3.8) is 0 Å². The van der Waals surface area contributed by atoms with E-state index in [1.807, 2.05) is 25.1 Å². The Kier molecular flexibility index (Phi) is 4.67. The largest absolute Gasteiger partial charge is 0.334 e. The molecular weight excluding hydrogens is 380 g/mol. The molecule has 0 amide bonds. The number of nitrogens with one attached hydrogen (secondary N) is 1. The number of fused-ring (bicyclic) bond motifs is 1. The van der Waals surface area contributed by atoms with Crippen LogP contribution in [0.3, 0.4) is 0 Å². The van der Waals surface area contributed by atoms with E-state index in [-0.39, 0.29) is 0 Å². The standard InChI is InChI=1S/C20H15ClN4O3/c1-2-25-16-9-7-13(11-15(16)22-19(26)20(25)27)18-23-17(28-24-18)10-8-12-5-3-4-6-14(12)21/h3-11H,2H2,1H3,(H,22,26). The van der Waals surface area contributed by atoms with Crippen molar-refractivity contribution < 1.29 is 4.52 Å². The summed E-state index contributed by atoms with van der Waals surface area (Å²) in [7, 11) is 0. The van der Waals surface area contributed by atoms with E-state index in [0.29, 0.717) is 39.9 Å². The van der Waals surface area contributed by atoms with E-state index in [2.05, 4.69) is 15.1 Å². The average Bonchev–Trinajstić information content (AvgIpc) is 3.17. The van der Waals surface area contributed by atoms with Crippen LogP contribution in [-0.2, 0) is 6.54 Å². The van der Waals surface area contributed by atoms with Crippen LogP contribution in [0.5, 0.6) is 0 Å². The van der Waals surface area contributed by atoms with Gasteiger partial charge in [-0.2, -0.15) is 4.98 Å². The van der Waals surface area contributed by atoms with Crippen LogP contribution in [-0.4, -0.2) is 19.7 Å². The highest BCUT2D eigenvalue weighted by Crippen LogP contribution is 2.22. The molecule has 28 heavy (non-hydrogen) atoms. The van der Waals surface area contributed by atoms with Gasteiger partial charge >= 0.3 is 11.1 Å². The Bertz CT molecular complexity index is 1320. The lowest BCUT2D eigenvalue weighted by atomic mass is 10.2. The van der Waals surface area contributed by atoms with Crippen LogP contribution in [0, 0.1) is 0 Å². The first-order valence-corrected chi connectivity index (χ1v) is 8.98. The van der Waals surface area contributed by atoms with Crippen molar-refractivity contribution in [2.24, 2.45) is 0 Å². The summed E-state index contributed by atoms with van der Waals surface area (Å²) in [5, 5.41) is 4.60. The van der Waals surface area contributed by atoms with Gasteiger partial charge in [0, 0.05) is 23.2 Å². The van der Waals surface area contributed by atoms with Gasteiger partial charge in [0.2, 0.25) is 5.82 Å². The van der Waals surface area contributed by atoms with Gasteiger partial charge in [-0.15, -0.1) is 0 Å². The molecule has 0 unspecified atom stereocenters. The summed E-state index contributed by atoms with van der Waals surface area (Å²) in [6.45, 7) is 2.21. The van der Waals surface area contributed by atoms with E-state index < -0.39 is 11.1 Å². The number of aryl methyl sites for hydroxylation is 1.